The summed E-state index contributed by atoms with van der Waals surface area (Å²) in [4.78, 5) is 13.4. The van der Waals surface area contributed by atoms with Gasteiger partial charge < -0.3 is 10.1 Å². The number of nitrogens with one attached hydrogen (secondary N) is 1. The second-order valence-corrected chi connectivity index (χ2v) is 4.71. The monoisotopic (exact) mass is 311 g/mol. The number of hydrogen-bond donors (Lipinski definition) is 2. The molecule has 2 aromatic rings. The molecule has 0 spiro atoms. The summed E-state index contributed by atoms with van der Waals surface area (Å²) in [7, 11) is 0. The Morgan fingerprint density at radius 1 is 1.32 bits per heavy atom. The molecule has 0 amide bonds. The Hall–Kier alpha value is -1.40. The molecule has 3 nitrogen and oxygen atoms in total. The van der Waals surface area contributed by atoms with Crippen molar-refractivity contribution in [2.75, 3.05) is 0 Å². The van der Waals surface area contributed by atoms with Crippen molar-refractivity contribution in [2.24, 2.45) is 0 Å². The number of carboxylic acid groups (broad SMARTS) is 1. The fraction of sp³-hybridized carbons (Fsp3) is 0.182. The Labute approximate surface area is 114 Å². The topological polar surface area (TPSA) is 53.1 Å². The maximum atomic E-state index is 12.8. The average Bonchev–Trinajstić information content (AvgIpc) is 2.59. The summed E-state index contributed by atoms with van der Waals surface area (Å²) in [6, 6.07) is 2.60. The zero-order valence-corrected chi connectivity index (χ0v) is 10.6. The van der Waals surface area contributed by atoms with Crippen LogP contribution < -0.4 is 0 Å². The van der Waals surface area contributed by atoms with Gasteiger partial charge in [-0.2, -0.15) is 13.2 Å². The van der Waals surface area contributed by atoms with E-state index in [0.29, 0.717) is 0 Å². The molecule has 0 aliphatic rings. The number of H-pyrrole nitrogens is 1. The third-order valence-corrected chi connectivity index (χ3v) is 3.14. The summed E-state index contributed by atoms with van der Waals surface area (Å²) in [5.74, 6) is -4.61. The fourth-order valence-corrected chi connectivity index (χ4v) is 2.41. The number of carboxylic acids is 1. The number of rotatable bonds is 2. The highest BCUT2D eigenvalue weighted by Gasteiger charge is 2.47. The Morgan fingerprint density at radius 2 is 1.95 bits per heavy atom. The van der Waals surface area contributed by atoms with Gasteiger partial charge >= 0.3 is 12.1 Å². The lowest BCUT2D eigenvalue weighted by atomic mass is 9.98. The number of hydrogen-bond acceptors (Lipinski definition) is 1. The molecule has 19 heavy (non-hydrogen) atoms. The molecule has 0 fully saturated rings. The highest BCUT2D eigenvalue weighted by Crippen LogP contribution is 2.40. The molecule has 1 atom stereocenters. The van der Waals surface area contributed by atoms with Gasteiger partial charge in [0.15, 0.2) is 5.92 Å². The number of aliphatic carboxylic acids is 1. The highest BCUT2D eigenvalue weighted by molar-refractivity contribution is 6.38. The molecule has 0 aliphatic heterocycles. The van der Waals surface area contributed by atoms with E-state index < -0.39 is 23.6 Å². The number of fused-ring (bicyclic) bond motifs is 1. The Balaban J connectivity index is 2.71. The van der Waals surface area contributed by atoms with Crippen LogP contribution in [0, 0.1) is 0 Å². The second-order valence-electron chi connectivity index (χ2n) is 3.87. The van der Waals surface area contributed by atoms with E-state index in [9.17, 15) is 18.0 Å². The van der Waals surface area contributed by atoms with Crippen molar-refractivity contribution < 1.29 is 23.1 Å². The largest absolute Gasteiger partial charge is 0.481 e. The first-order valence-corrected chi connectivity index (χ1v) is 5.73. The van der Waals surface area contributed by atoms with Crippen molar-refractivity contribution in [3.63, 3.8) is 0 Å². The molecule has 2 rings (SSSR count). The number of halogens is 5. The van der Waals surface area contributed by atoms with Crippen LogP contribution in [0.15, 0.2) is 18.3 Å². The lowest BCUT2D eigenvalue weighted by Crippen LogP contribution is -2.28. The van der Waals surface area contributed by atoms with Gasteiger partial charge in [-0.15, -0.1) is 0 Å². The van der Waals surface area contributed by atoms with Gasteiger partial charge in [0.05, 0.1) is 10.5 Å². The molecule has 1 aromatic heterocycles. The minimum Gasteiger partial charge on any atom is -0.481 e. The van der Waals surface area contributed by atoms with E-state index in [0.717, 1.165) is 6.20 Å². The number of aromatic amines is 1. The fourth-order valence-electron chi connectivity index (χ4n) is 1.86. The van der Waals surface area contributed by atoms with E-state index in [-0.39, 0.29) is 20.9 Å². The predicted molar refractivity (Wildman–Crippen MR) is 64.8 cm³/mol. The molecule has 102 valence electrons. The van der Waals surface area contributed by atoms with Gasteiger partial charge in [-0.3, -0.25) is 4.79 Å². The van der Waals surface area contributed by atoms with Crippen LogP contribution in [0.3, 0.4) is 0 Å². The lowest BCUT2D eigenvalue weighted by Gasteiger charge is -2.15. The van der Waals surface area contributed by atoms with E-state index in [2.05, 4.69) is 4.98 Å². The van der Waals surface area contributed by atoms with Crippen LogP contribution in [0.2, 0.25) is 10.0 Å². The van der Waals surface area contributed by atoms with Crippen molar-refractivity contribution >= 4 is 40.1 Å². The van der Waals surface area contributed by atoms with Crippen LogP contribution >= 0.6 is 23.2 Å². The summed E-state index contributed by atoms with van der Waals surface area (Å²) in [5.41, 5.74) is -0.198. The quantitative estimate of drug-likeness (QED) is 0.873. The molecule has 8 heteroatoms. The number of aromatic nitrogens is 1. The first-order valence-electron chi connectivity index (χ1n) is 4.97. The Morgan fingerprint density at radius 3 is 2.47 bits per heavy atom. The molecule has 0 bridgehead atoms. The van der Waals surface area contributed by atoms with E-state index in [1.54, 1.807) is 0 Å². The van der Waals surface area contributed by atoms with Gasteiger partial charge in [0.2, 0.25) is 0 Å². The SMILES string of the molecule is O=C(O)C(c1c[nH]c2c(Cl)cc(Cl)cc12)C(F)(F)F. The van der Waals surface area contributed by atoms with Gasteiger partial charge in [-0.25, -0.2) is 0 Å². The zero-order chi connectivity index (χ0) is 14.4. The number of carbonyl (C=O) groups is 1. The minimum atomic E-state index is -4.91. The van der Waals surface area contributed by atoms with Crippen LogP contribution in [0.1, 0.15) is 11.5 Å². The van der Waals surface area contributed by atoms with Crippen LogP contribution in [-0.4, -0.2) is 22.2 Å². The van der Waals surface area contributed by atoms with Crippen molar-refractivity contribution in [1.82, 2.24) is 4.98 Å². The van der Waals surface area contributed by atoms with Gasteiger partial charge in [0.1, 0.15) is 0 Å². The van der Waals surface area contributed by atoms with Crippen molar-refractivity contribution in [3.05, 3.63) is 33.9 Å². The van der Waals surface area contributed by atoms with E-state index >= 15 is 0 Å². The first-order chi connectivity index (χ1) is 8.71. The summed E-state index contributed by atoms with van der Waals surface area (Å²) < 4.78 is 38.4. The van der Waals surface area contributed by atoms with Gasteiger partial charge in [-0.05, 0) is 12.1 Å². The Kier molecular flexibility index (Phi) is 3.40. The smallest absolute Gasteiger partial charge is 0.406 e. The van der Waals surface area contributed by atoms with Crippen molar-refractivity contribution in [3.8, 4) is 0 Å². The maximum absolute atomic E-state index is 12.8. The molecular formula is C11H6Cl2F3NO2. The molecule has 0 radical (unpaired) electrons. The van der Waals surface area contributed by atoms with Crippen LogP contribution in [0.5, 0.6) is 0 Å². The van der Waals surface area contributed by atoms with E-state index in [1.165, 1.54) is 12.1 Å². The summed E-state index contributed by atoms with van der Waals surface area (Å²) in [5, 5.41) is 9.08. The molecular weight excluding hydrogens is 306 g/mol. The Bertz CT molecular complexity index is 651. The molecule has 0 saturated carbocycles. The van der Waals surface area contributed by atoms with Crippen LogP contribution in [-0.2, 0) is 4.79 Å². The van der Waals surface area contributed by atoms with Crippen LogP contribution in [0.4, 0.5) is 13.2 Å². The minimum absolute atomic E-state index is 0.0437. The summed E-state index contributed by atoms with van der Waals surface area (Å²) in [6.07, 6.45) is -3.92. The zero-order valence-electron chi connectivity index (χ0n) is 9.05. The third kappa shape index (κ3) is 2.50. The van der Waals surface area contributed by atoms with Gasteiger partial charge in [-0.1, -0.05) is 23.2 Å². The maximum Gasteiger partial charge on any atom is 0.406 e. The average molecular weight is 312 g/mol. The van der Waals surface area contributed by atoms with Gasteiger partial charge in [0.25, 0.3) is 0 Å². The lowest BCUT2D eigenvalue weighted by molar-refractivity contribution is -0.176. The van der Waals surface area contributed by atoms with Crippen molar-refractivity contribution in [1.29, 1.82) is 0 Å². The molecule has 1 heterocycles. The van der Waals surface area contributed by atoms with E-state index in [4.69, 9.17) is 28.3 Å². The third-order valence-electron chi connectivity index (χ3n) is 2.62. The molecule has 1 aromatic carbocycles. The second kappa shape index (κ2) is 4.61. The summed E-state index contributed by atoms with van der Waals surface area (Å²) in [6.45, 7) is 0. The summed E-state index contributed by atoms with van der Waals surface area (Å²) >= 11 is 11.6. The molecule has 2 N–H and O–H groups in total. The van der Waals surface area contributed by atoms with Crippen molar-refractivity contribution in [2.45, 2.75) is 12.1 Å². The highest BCUT2D eigenvalue weighted by atomic mass is 35.5. The molecule has 0 saturated heterocycles. The molecule has 1 unspecified atom stereocenters. The molecule has 0 aliphatic carbocycles. The van der Waals surface area contributed by atoms with Gasteiger partial charge in [0, 0.05) is 22.2 Å². The first kappa shape index (κ1) is 14.0. The number of benzene rings is 1. The standard InChI is InChI=1S/C11H6Cl2F3NO2/c12-4-1-5-6(3-17-9(5)7(13)2-4)8(10(18)19)11(14,15)16/h1-3,8,17H,(H,18,19). The number of alkyl halides is 3. The normalized spacial score (nSPS) is 13.7. The van der Waals surface area contributed by atoms with E-state index in [1.807, 2.05) is 0 Å². The predicted octanol–water partition coefficient (Wildman–Crippen LogP) is 4.21. The van der Waals surface area contributed by atoms with Crippen LogP contribution in [0.25, 0.3) is 10.9 Å².